The zero-order valence-corrected chi connectivity index (χ0v) is 14.1. The zero-order valence-electron chi connectivity index (χ0n) is 13.3. The van der Waals surface area contributed by atoms with E-state index < -0.39 is 5.25 Å². The Kier molecular flexibility index (Phi) is 4.23. The van der Waals surface area contributed by atoms with E-state index in [0.29, 0.717) is 30.4 Å². The Balaban J connectivity index is 1.42. The van der Waals surface area contributed by atoms with Crippen molar-refractivity contribution in [3.63, 3.8) is 0 Å². The fourth-order valence-corrected chi connectivity index (χ4v) is 3.84. The Morgan fingerprint density at radius 2 is 1.96 bits per heavy atom. The van der Waals surface area contributed by atoms with E-state index in [1.54, 1.807) is 18.2 Å². The minimum atomic E-state index is -0.452. The molecule has 0 aromatic heterocycles. The number of thioether (sulfide) groups is 1. The summed E-state index contributed by atoms with van der Waals surface area (Å²) in [4.78, 5) is 25.5. The van der Waals surface area contributed by atoms with E-state index in [1.165, 1.54) is 11.8 Å². The molecule has 7 heteroatoms. The van der Waals surface area contributed by atoms with Crippen LogP contribution in [0.5, 0.6) is 11.5 Å². The minimum absolute atomic E-state index is 0.0965. The second-order valence-electron chi connectivity index (χ2n) is 5.70. The molecule has 0 spiro atoms. The fraction of sp³-hybridized carbons (Fsp3) is 0.222. The zero-order chi connectivity index (χ0) is 17.2. The molecule has 0 fully saturated rings. The van der Waals surface area contributed by atoms with Gasteiger partial charge in [0.1, 0.15) is 13.2 Å². The molecule has 25 heavy (non-hydrogen) atoms. The SMILES string of the molecule is O=C(C[C@@H]1Sc2ccccc2NC1=O)Nc1ccc2c(c1)OCCO2. The number of hydrogen-bond donors (Lipinski definition) is 2. The number of carbonyl (C=O) groups excluding carboxylic acids is 2. The molecule has 2 N–H and O–H groups in total. The van der Waals surface area contributed by atoms with Crippen LogP contribution in [0.4, 0.5) is 11.4 Å². The molecule has 0 bridgehead atoms. The second kappa shape index (κ2) is 6.68. The predicted molar refractivity (Wildman–Crippen MR) is 95.4 cm³/mol. The lowest BCUT2D eigenvalue weighted by Gasteiger charge is -2.23. The summed E-state index contributed by atoms with van der Waals surface area (Å²) < 4.78 is 11.0. The maximum Gasteiger partial charge on any atom is 0.238 e. The van der Waals surface area contributed by atoms with Gasteiger partial charge in [-0.05, 0) is 24.3 Å². The van der Waals surface area contributed by atoms with Crippen LogP contribution in [0.25, 0.3) is 0 Å². The number of hydrogen-bond acceptors (Lipinski definition) is 5. The van der Waals surface area contributed by atoms with E-state index in [1.807, 2.05) is 24.3 Å². The third-order valence-electron chi connectivity index (χ3n) is 3.90. The summed E-state index contributed by atoms with van der Waals surface area (Å²) in [5.74, 6) is 0.913. The Morgan fingerprint density at radius 1 is 1.16 bits per heavy atom. The Hall–Kier alpha value is -2.67. The van der Waals surface area contributed by atoms with Gasteiger partial charge in [-0.15, -0.1) is 11.8 Å². The van der Waals surface area contributed by atoms with E-state index in [2.05, 4.69) is 10.6 Å². The standard InChI is InChI=1S/C18H16N2O4S/c21-17(19-11-5-6-13-14(9-11)24-8-7-23-13)10-16-18(22)20-12-3-1-2-4-15(12)25-16/h1-6,9,16H,7-8,10H2,(H,19,21)(H,20,22)/t16-/m0/s1. The molecule has 0 saturated carbocycles. The van der Waals surface area contributed by atoms with Crippen LogP contribution in [-0.2, 0) is 9.59 Å². The summed E-state index contributed by atoms with van der Waals surface area (Å²) >= 11 is 1.41. The van der Waals surface area contributed by atoms with Crippen LogP contribution >= 0.6 is 11.8 Å². The molecule has 2 heterocycles. The van der Waals surface area contributed by atoms with Crippen molar-refractivity contribution in [1.82, 2.24) is 0 Å². The largest absolute Gasteiger partial charge is 0.486 e. The van der Waals surface area contributed by atoms with Gasteiger partial charge in [-0.25, -0.2) is 0 Å². The van der Waals surface area contributed by atoms with Crippen molar-refractivity contribution in [2.75, 3.05) is 23.8 Å². The molecular formula is C18H16N2O4S. The van der Waals surface area contributed by atoms with E-state index in [0.717, 1.165) is 10.6 Å². The minimum Gasteiger partial charge on any atom is -0.486 e. The smallest absolute Gasteiger partial charge is 0.238 e. The lowest BCUT2D eigenvalue weighted by atomic mass is 10.2. The van der Waals surface area contributed by atoms with Crippen molar-refractivity contribution in [3.05, 3.63) is 42.5 Å². The van der Waals surface area contributed by atoms with Crippen LogP contribution in [0.15, 0.2) is 47.4 Å². The highest BCUT2D eigenvalue weighted by Crippen LogP contribution is 2.37. The van der Waals surface area contributed by atoms with Gasteiger partial charge < -0.3 is 20.1 Å². The van der Waals surface area contributed by atoms with Crippen molar-refractivity contribution < 1.29 is 19.1 Å². The predicted octanol–water partition coefficient (Wildman–Crippen LogP) is 2.90. The van der Waals surface area contributed by atoms with Crippen molar-refractivity contribution in [3.8, 4) is 11.5 Å². The van der Waals surface area contributed by atoms with Crippen molar-refractivity contribution in [1.29, 1.82) is 0 Å². The number of benzene rings is 2. The number of rotatable bonds is 3. The molecule has 0 saturated heterocycles. The number of ether oxygens (including phenoxy) is 2. The molecule has 6 nitrogen and oxygen atoms in total. The van der Waals surface area contributed by atoms with Crippen LogP contribution in [0.1, 0.15) is 6.42 Å². The van der Waals surface area contributed by atoms with Crippen molar-refractivity contribution in [2.45, 2.75) is 16.6 Å². The normalized spacial score (nSPS) is 18.1. The van der Waals surface area contributed by atoms with Gasteiger partial charge in [-0.2, -0.15) is 0 Å². The topological polar surface area (TPSA) is 76.7 Å². The van der Waals surface area contributed by atoms with Crippen LogP contribution < -0.4 is 20.1 Å². The first-order chi connectivity index (χ1) is 12.2. The highest BCUT2D eigenvalue weighted by atomic mass is 32.2. The molecule has 2 aliphatic heterocycles. The average molecular weight is 356 g/mol. The van der Waals surface area contributed by atoms with Gasteiger partial charge in [0.05, 0.1) is 10.9 Å². The van der Waals surface area contributed by atoms with Gasteiger partial charge in [-0.1, -0.05) is 12.1 Å². The molecular weight excluding hydrogens is 340 g/mol. The van der Waals surface area contributed by atoms with Gasteiger partial charge in [0.2, 0.25) is 11.8 Å². The first-order valence-electron chi connectivity index (χ1n) is 7.95. The highest BCUT2D eigenvalue weighted by Gasteiger charge is 2.28. The summed E-state index contributed by atoms with van der Waals surface area (Å²) in [6.45, 7) is 1.01. The monoisotopic (exact) mass is 356 g/mol. The number of nitrogens with one attached hydrogen (secondary N) is 2. The number of para-hydroxylation sites is 1. The number of amides is 2. The van der Waals surface area contributed by atoms with Gasteiger partial charge in [0.25, 0.3) is 0 Å². The van der Waals surface area contributed by atoms with Gasteiger partial charge in [0, 0.05) is 23.1 Å². The van der Waals surface area contributed by atoms with E-state index >= 15 is 0 Å². The molecule has 2 amide bonds. The maximum atomic E-state index is 12.3. The third kappa shape index (κ3) is 3.41. The number of anilines is 2. The molecule has 4 rings (SSSR count). The van der Waals surface area contributed by atoms with Crippen LogP contribution in [0.3, 0.4) is 0 Å². The molecule has 0 radical (unpaired) electrons. The average Bonchev–Trinajstić information content (AvgIpc) is 2.62. The Bertz CT molecular complexity index is 840. The van der Waals surface area contributed by atoms with Crippen LogP contribution in [0, 0.1) is 0 Å². The molecule has 128 valence electrons. The lowest BCUT2D eigenvalue weighted by molar-refractivity contribution is -0.120. The van der Waals surface area contributed by atoms with Crippen LogP contribution in [-0.4, -0.2) is 30.3 Å². The molecule has 2 aliphatic rings. The van der Waals surface area contributed by atoms with Crippen molar-refractivity contribution >= 4 is 35.0 Å². The Labute approximate surface area is 148 Å². The number of fused-ring (bicyclic) bond motifs is 2. The fourth-order valence-electron chi connectivity index (χ4n) is 2.73. The van der Waals surface area contributed by atoms with E-state index in [4.69, 9.17) is 9.47 Å². The van der Waals surface area contributed by atoms with Gasteiger partial charge in [-0.3, -0.25) is 9.59 Å². The third-order valence-corrected chi connectivity index (χ3v) is 5.18. The summed E-state index contributed by atoms with van der Waals surface area (Å²) in [7, 11) is 0. The van der Waals surface area contributed by atoms with Gasteiger partial charge >= 0.3 is 0 Å². The second-order valence-corrected chi connectivity index (χ2v) is 6.95. The molecule has 0 aliphatic carbocycles. The number of carbonyl (C=O) groups is 2. The first kappa shape index (κ1) is 15.8. The molecule has 1 atom stereocenters. The summed E-state index contributed by atoms with van der Waals surface area (Å²) in [5.41, 5.74) is 1.41. The summed E-state index contributed by atoms with van der Waals surface area (Å²) in [6, 6.07) is 12.8. The highest BCUT2D eigenvalue weighted by molar-refractivity contribution is 8.01. The Morgan fingerprint density at radius 3 is 2.84 bits per heavy atom. The summed E-state index contributed by atoms with van der Waals surface area (Å²) in [5, 5.41) is 5.21. The van der Waals surface area contributed by atoms with E-state index in [9.17, 15) is 9.59 Å². The molecule has 2 aromatic rings. The maximum absolute atomic E-state index is 12.3. The quantitative estimate of drug-likeness (QED) is 0.884. The van der Waals surface area contributed by atoms with Gasteiger partial charge in [0.15, 0.2) is 11.5 Å². The summed E-state index contributed by atoms with van der Waals surface area (Å²) in [6.07, 6.45) is 0.0965. The van der Waals surface area contributed by atoms with Crippen molar-refractivity contribution in [2.24, 2.45) is 0 Å². The first-order valence-corrected chi connectivity index (χ1v) is 8.83. The molecule has 2 aromatic carbocycles. The lowest BCUT2D eigenvalue weighted by Crippen LogP contribution is -2.32. The van der Waals surface area contributed by atoms with Crippen LogP contribution in [0.2, 0.25) is 0 Å². The molecule has 0 unspecified atom stereocenters. The van der Waals surface area contributed by atoms with E-state index in [-0.39, 0.29) is 18.2 Å².